The number of nitrogens with one attached hydrogen (secondary N) is 1. The quantitative estimate of drug-likeness (QED) is 0.704. The predicted octanol–water partition coefficient (Wildman–Crippen LogP) is 1.88. The second kappa shape index (κ2) is 8.47. The van der Waals surface area contributed by atoms with Crippen LogP contribution in [0.15, 0.2) is 30.5 Å². The summed E-state index contributed by atoms with van der Waals surface area (Å²) in [4.78, 5) is 12.0. The van der Waals surface area contributed by atoms with Gasteiger partial charge in [0, 0.05) is 19.7 Å². The van der Waals surface area contributed by atoms with Gasteiger partial charge in [0.2, 0.25) is 0 Å². The number of aromatic nitrogens is 3. The Morgan fingerprint density at radius 3 is 2.84 bits per heavy atom. The van der Waals surface area contributed by atoms with Crippen molar-refractivity contribution in [1.82, 2.24) is 20.3 Å². The SMILES string of the molecule is O=C(NCc1cccc(OC(F)(F)F)c1)c1cn(CCCCO)nn1. The van der Waals surface area contributed by atoms with E-state index in [0.717, 1.165) is 0 Å². The number of aliphatic hydroxyl groups excluding tert-OH is 1. The minimum absolute atomic E-state index is 0.0191. The number of carbonyl (C=O) groups excluding carboxylic acids is 1. The molecule has 0 unspecified atom stereocenters. The molecule has 25 heavy (non-hydrogen) atoms. The van der Waals surface area contributed by atoms with E-state index in [9.17, 15) is 18.0 Å². The van der Waals surface area contributed by atoms with Crippen molar-refractivity contribution in [2.24, 2.45) is 0 Å². The van der Waals surface area contributed by atoms with Crippen molar-refractivity contribution >= 4 is 5.91 Å². The minimum atomic E-state index is -4.77. The van der Waals surface area contributed by atoms with Crippen molar-refractivity contribution in [1.29, 1.82) is 0 Å². The maximum Gasteiger partial charge on any atom is 0.573 e. The number of halogens is 3. The van der Waals surface area contributed by atoms with Crippen LogP contribution in [0.1, 0.15) is 28.9 Å². The largest absolute Gasteiger partial charge is 0.573 e. The van der Waals surface area contributed by atoms with Gasteiger partial charge in [-0.2, -0.15) is 0 Å². The number of ether oxygens (including phenoxy) is 1. The van der Waals surface area contributed by atoms with Gasteiger partial charge in [-0.3, -0.25) is 9.48 Å². The second-order valence-corrected chi connectivity index (χ2v) is 5.18. The van der Waals surface area contributed by atoms with Gasteiger partial charge >= 0.3 is 6.36 Å². The first-order chi connectivity index (χ1) is 11.9. The molecule has 0 saturated carbocycles. The van der Waals surface area contributed by atoms with E-state index in [0.29, 0.717) is 24.9 Å². The molecular formula is C15H17F3N4O3. The van der Waals surface area contributed by atoms with Crippen molar-refractivity contribution in [3.8, 4) is 5.75 Å². The Morgan fingerprint density at radius 1 is 1.32 bits per heavy atom. The molecule has 2 N–H and O–H groups in total. The van der Waals surface area contributed by atoms with E-state index in [1.54, 1.807) is 6.07 Å². The smallest absolute Gasteiger partial charge is 0.406 e. The van der Waals surface area contributed by atoms with Crippen molar-refractivity contribution in [2.45, 2.75) is 32.3 Å². The highest BCUT2D eigenvalue weighted by atomic mass is 19.4. The summed E-state index contributed by atoms with van der Waals surface area (Å²) in [7, 11) is 0. The second-order valence-electron chi connectivity index (χ2n) is 5.18. The molecule has 1 amide bonds. The molecule has 0 atom stereocenters. The van der Waals surface area contributed by atoms with Crippen LogP contribution in [0.5, 0.6) is 5.75 Å². The predicted molar refractivity (Wildman–Crippen MR) is 80.6 cm³/mol. The summed E-state index contributed by atoms with van der Waals surface area (Å²) < 4.78 is 41.9. The van der Waals surface area contributed by atoms with E-state index in [-0.39, 0.29) is 24.6 Å². The van der Waals surface area contributed by atoms with E-state index in [2.05, 4.69) is 20.4 Å². The van der Waals surface area contributed by atoms with Gasteiger partial charge in [-0.25, -0.2) is 0 Å². The molecule has 136 valence electrons. The normalized spacial score (nSPS) is 11.4. The van der Waals surface area contributed by atoms with Crippen LogP contribution in [0, 0.1) is 0 Å². The molecule has 10 heteroatoms. The third-order valence-corrected chi connectivity index (χ3v) is 3.15. The maximum atomic E-state index is 12.2. The van der Waals surface area contributed by atoms with Crippen molar-refractivity contribution in [3.05, 3.63) is 41.7 Å². The summed E-state index contributed by atoms with van der Waals surface area (Å²) in [5.74, 6) is -0.843. The molecule has 0 aliphatic carbocycles. The van der Waals surface area contributed by atoms with E-state index in [1.165, 1.54) is 29.1 Å². The van der Waals surface area contributed by atoms with Crippen LogP contribution in [0.3, 0.4) is 0 Å². The van der Waals surface area contributed by atoms with Crippen LogP contribution in [-0.4, -0.2) is 39.0 Å². The van der Waals surface area contributed by atoms with Gasteiger partial charge in [0.15, 0.2) is 5.69 Å². The number of nitrogens with zero attached hydrogens (tertiary/aromatic N) is 3. The Morgan fingerprint density at radius 2 is 2.12 bits per heavy atom. The van der Waals surface area contributed by atoms with Crippen molar-refractivity contribution < 1.29 is 27.8 Å². The zero-order valence-electron chi connectivity index (χ0n) is 13.2. The van der Waals surface area contributed by atoms with Crippen LogP contribution in [-0.2, 0) is 13.1 Å². The lowest BCUT2D eigenvalue weighted by Gasteiger charge is -2.10. The summed E-state index contributed by atoms with van der Waals surface area (Å²) in [6.45, 7) is 0.627. The Labute approximate surface area is 141 Å². The number of hydrogen-bond acceptors (Lipinski definition) is 5. The minimum Gasteiger partial charge on any atom is -0.406 e. The van der Waals surface area contributed by atoms with Gasteiger partial charge in [-0.05, 0) is 30.5 Å². The molecule has 7 nitrogen and oxygen atoms in total. The van der Waals surface area contributed by atoms with Gasteiger partial charge < -0.3 is 15.2 Å². The molecule has 0 aliphatic heterocycles. The first-order valence-electron chi connectivity index (χ1n) is 7.51. The van der Waals surface area contributed by atoms with E-state index in [4.69, 9.17) is 5.11 Å². The number of benzene rings is 1. The molecule has 1 aromatic heterocycles. The fourth-order valence-electron chi connectivity index (χ4n) is 2.02. The van der Waals surface area contributed by atoms with Crippen LogP contribution < -0.4 is 10.1 Å². The third-order valence-electron chi connectivity index (χ3n) is 3.15. The standard InChI is InChI=1S/C15H17F3N4O3/c16-15(17,18)25-12-5-3-4-11(8-12)9-19-14(24)13-10-22(21-20-13)6-1-2-7-23/h3-5,8,10,23H,1-2,6-7,9H2,(H,19,24). The molecule has 0 bridgehead atoms. The van der Waals surface area contributed by atoms with E-state index >= 15 is 0 Å². The summed E-state index contributed by atoms with van der Waals surface area (Å²) in [6.07, 6.45) is -1.98. The molecule has 0 fully saturated rings. The van der Waals surface area contributed by atoms with Crippen LogP contribution in [0.4, 0.5) is 13.2 Å². The zero-order chi connectivity index (χ0) is 18.3. The fourth-order valence-corrected chi connectivity index (χ4v) is 2.02. The Bertz CT molecular complexity index is 703. The number of amides is 1. The lowest BCUT2D eigenvalue weighted by atomic mass is 10.2. The topological polar surface area (TPSA) is 89.3 Å². The summed E-state index contributed by atoms with van der Waals surface area (Å²) >= 11 is 0. The number of aliphatic hydroxyl groups is 1. The molecule has 0 aliphatic rings. The van der Waals surface area contributed by atoms with Crippen LogP contribution >= 0.6 is 0 Å². The molecular weight excluding hydrogens is 341 g/mol. The maximum absolute atomic E-state index is 12.2. The monoisotopic (exact) mass is 358 g/mol. The Kier molecular flexibility index (Phi) is 6.34. The number of alkyl halides is 3. The summed E-state index contributed by atoms with van der Waals surface area (Å²) in [5, 5.41) is 18.8. The van der Waals surface area contributed by atoms with E-state index < -0.39 is 12.3 Å². The lowest BCUT2D eigenvalue weighted by molar-refractivity contribution is -0.274. The summed E-state index contributed by atoms with van der Waals surface area (Å²) in [5.41, 5.74) is 0.553. The lowest BCUT2D eigenvalue weighted by Crippen LogP contribution is -2.23. The molecule has 1 aromatic carbocycles. The summed E-state index contributed by atoms with van der Waals surface area (Å²) in [6, 6.07) is 5.34. The zero-order valence-corrected chi connectivity index (χ0v) is 13.2. The van der Waals surface area contributed by atoms with Gasteiger partial charge in [0.25, 0.3) is 5.91 Å². The number of unbranched alkanes of at least 4 members (excludes halogenated alkanes) is 1. The highest BCUT2D eigenvalue weighted by Crippen LogP contribution is 2.23. The van der Waals surface area contributed by atoms with Crippen LogP contribution in [0.25, 0.3) is 0 Å². The number of aryl methyl sites for hydroxylation is 1. The molecule has 2 rings (SSSR count). The molecule has 1 heterocycles. The average molecular weight is 358 g/mol. The number of hydrogen-bond donors (Lipinski definition) is 2. The highest BCUT2D eigenvalue weighted by Gasteiger charge is 2.31. The van der Waals surface area contributed by atoms with Gasteiger partial charge in [0.1, 0.15) is 5.75 Å². The van der Waals surface area contributed by atoms with Gasteiger partial charge in [0.05, 0.1) is 6.20 Å². The van der Waals surface area contributed by atoms with Gasteiger partial charge in [-0.15, -0.1) is 18.3 Å². The van der Waals surface area contributed by atoms with Crippen molar-refractivity contribution in [2.75, 3.05) is 6.61 Å². The van der Waals surface area contributed by atoms with Gasteiger partial charge in [-0.1, -0.05) is 17.3 Å². The van der Waals surface area contributed by atoms with E-state index in [1.807, 2.05) is 0 Å². The van der Waals surface area contributed by atoms with Crippen LogP contribution in [0.2, 0.25) is 0 Å². The number of carbonyl (C=O) groups is 1. The average Bonchev–Trinajstić information content (AvgIpc) is 3.01. The highest BCUT2D eigenvalue weighted by molar-refractivity contribution is 5.91. The van der Waals surface area contributed by atoms with Crippen molar-refractivity contribution in [3.63, 3.8) is 0 Å². The first-order valence-corrected chi connectivity index (χ1v) is 7.51. The molecule has 2 aromatic rings. The fraction of sp³-hybridized carbons (Fsp3) is 0.400. The third kappa shape index (κ3) is 6.42. The number of rotatable bonds is 8. The molecule has 0 spiro atoms. The Hall–Kier alpha value is -2.62. The Balaban J connectivity index is 1.88. The molecule has 0 radical (unpaired) electrons. The molecule has 0 saturated heterocycles. The first kappa shape index (κ1) is 18.7.